The Kier molecular flexibility index (Phi) is 23.6. The fraction of sp³-hybridized carbons (Fsp3) is 0.667. The summed E-state index contributed by atoms with van der Waals surface area (Å²) < 4.78 is 23.3. The number of aliphatic hydroxyl groups is 9. The molecule has 0 aromatic carbocycles. The average molecular weight is 922 g/mol. The van der Waals surface area contributed by atoms with E-state index in [2.05, 4.69) is 19.9 Å². The van der Waals surface area contributed by atoms with Gasteiger partial charge < -0.3 is 75.7 Å². The van der Waals surface area contributed by atoms with E-state index in [1.165, 1.54) is 13.0 Å². The first-order chi connectivity index (χ1) is 30.6. The van der Waals surface area contributed by atoms with E-state index in [1.54, 1.807) is 37.3 Å². The molecular weight excluding hydrogens is 847 g/mol. The predicted octanol–water partition coefficient (Wildman–Crippen LogP) is 1.99. The molecule has 3 rings (SSSR count). The molecule has 65 heavy (non-hydrogen) atoms. The molecule has 0 radical (unpaired) electrons. The van der Waals surface area contributed by atoms with Crippen molar-refractivity contribution in [1.29, 1.82) is 0 Å². The molecule has 12 N–H and O–H groups in total. The number of fused-ring (bicyclic) bond motifs is 2. The van der Waals surface area contributed by atoms with Crippen molar-refractivity contribution in [3.8, 4) is 0 Å². The molecule has 0 aliphatic carbocycles. The van der Waals surface area contributed by atoms with Gasteiger partial charge in [-0.2, -0.15) is 0 Å². The zero-order valence-corrected chi connectivity index (χ0v) is 38.1. The molecule has 2 bridgehead atoms. The number of hydrogen-bond donors (Lipinski definition) is 11. The molecular formula is C48H75NO16. The van der Waals surface area contributed by atoms with E-state index in [0.29, 0.717) is 0 Å². The summed E-state index contributed by atoms with van der Waals surface area (Å²) in [5.41, 5.74) is 6.02. The molecule has 19 atom stereocenters. The highest BCUT2D eigenvalue weighted by molar-refractivity contribution is 5.71. The number of carbonyl (C=O) groups excluding carboxylic acids is 1. The van der Waals surface area contributed by atoms with Gasteiger partial charge in [0.25, 0.3) is 0 Å². The second-order valence-electron chi connectivity index (χ2n) is 17.9. The van der Waals surface area contributed by atoms with Gasteiger partial charge in [0.15, 0.2) is 12.1 Å². The van der Waals surface area contributed by atoms with Crippen LogP contribution in [0.3, 0.4) is 0 Å². The molecule has 0 spiro atoms. The molecule has 0 aromatic rings. The average Bonchev–Trinajstić information content (AvgIpc) is 3.21. The normalized spacial score (nSPS) is 45.5. The lowest BCUT2D eigenvalue weighted by atomic mass is 9.82. The Hall–Kier alpha value is -3.40. The molecule has 17 heteroatoms. The molecule has 3 aliphatic rings. The topological polar surface area (TPSA) is 299 Å². The summed E-state index contributed by atoms with van der Waals surface area (Å²) in [6.07, 6.45) is 5.94. The van der Waals surface area contributed by atoms with Crippen molar-refractivity contribution in [2.24, 2.45) is 29.4 Å². The zero-order valence-electron chi connectivity index (χ0n) is 38.1. The minimum Gasteiger partial charge on any atom is -0.481 e. The van der Waals surface area contributed by atoms with Crippen LogP contribution in [0.2, 0.25) is 0 Å². The zero-order chi connectivity index (χ0) is 48.4. The van der Waals surface area contributed by atoms with Gasteiger partial charge in [-0.05, 0) is 50.9 Å². The Morgan fingerprint density at radius 1 is 0.662 bits per heavy atom. The number of aliphatic carboxylic acids is 1. The summed E-state index contributed by atoms with van der Waals surface area (Å²) in [6.45, 7) is 9.49. The number of cyclic esters (lactones) is 1. The van der Waals surface area contributed by atoms with Crippen LogP contribution in [0.1, 0.15) is 86.0 Å². The lowest BCUT2D eigenvalue weighted by Gasteiger charge is -2.45. The highest BCUT2D eigenvalue weighted by Crippen LogP contribution is 2.38. The largest absolute Gasteiger partial charge is 0.481 e. The first kappa shape index (κ1) is 55.9. The van der Waals surface area contributed by atoms with Gasteiger partial charge in [0, 0.05) is 25.7 Å². The third kappa shape index (κ3) is 18.7. The molecule has 0 amide bonds. The van der Waals surface area contributed by atoms with Crippen molar-refractivity contribution in [1.82, 2.24) is 0 Å². The maximum absolute atomic E-state index is 12.7. The van der Waals surface area contributed by atoms with Crippen LogP contribution >= 0.6 is 0 Å². The molecule has 2 fully saturated rings. The first-order valence-electron chi connectivity index (χ1n) is 22.6. The SMILES string of the molecule is C[C@@H]1[C@H](C)[C@@H](C)/C=C/C=C/C=C/C=C/C=C/C=C/C=C/[C@H](O[C@@H]2O[C@H](C)[C@@H](O)[C@H](N)[C@@H]2O)C[C@@H]2O[C@](O)(C[C@@H](O)C[C@@H](O)[C@H](O)CC[C@@H](O)C[C@@H](O)CC(=O)O[C@H]1C)C[C@H](O)[C@H]2C(=O)O. The molecule has 3 heterocycles. The Bertz CT molecular complexity index is 1660. The first-order valence-corrected chi connectivity index (χ1v) is 22.6. The molecule has 17 nitrogen and oxygen atoms in total. The molecule has 3 aliphatic heterocycles. The van der Waals surface area contributed by atoms with Crippen LogP contribution in [-0.4, -0.2) is 154 Å². The number of carboxylic acid groups (broad SMARTS) is 1. The predicted molar refractivity (Wildman–Crippen MR) is 240 cm³/mol. The minimum atomic E-state index is -2.31. The van der Waals surface area contributed by atoms with E-state index < -0.39 is 128 Å². The van der Waals surface area contributed by atoms with Gasteiger partial charge in [0.1, 0.15) is 18.1 Å². The van der Waals surface area contributed by atoms with Crippen molar-refractivity contribution in [3.63, 3.8) is 0 Å². The summed E-state index contributed by atoms with van der Waals surface area (Å²) in [6, 6.07) is -1.14. The summed E-state index contributed by atoms with van der Waals surface area (Å²) in [4.78, 5) is 25.2. The third-order valence-electron chi connectivity index (χ3n) is 12.6. The van der Waals surface area contributed by atoms with Crippen molar-refractivity contribution in [2.75, 3.05) is 0 Å². The Morgan fingerprint density at radius 2 is 1.23 bits per heavy atom. The lowest BCUT2D eigenvalue weighted by molar-refractivity contribution is -0.308. The number of rotatable bonds is 3. The van der Waals surface area contributed by atoms with Gasteiger partial charge >= 0.3 is 11.9 Å². The van der Waals surface area contributed by atoms with Gasteiger partial charge in [-0.3, -0.25) is 9.59 Å². The van der Waals surface area contributed by atoms with Crippen LogP contribution in [-0.2, 0) is 28.5 Å². The van der Waals surface area contributed by atoms with Crippen LogP contribution in [0.15, 0.2) is 85.1 Å². The number of carboxylic acids is 1. The number of nitrogens with two attached hydrogens (primary N) is 1. The van der Waals surface area contributed by atoms with Gasteiger partial charge in [-0.25, -0.2) is 0 Å². The Morgan fingerprint density at radius 3 is 1.82 bits per heavy atom. The van der Waals surface area contributed by atoms with Crippen LogP contribution in [0.5, 0.6) is 0 Å². The summed E-state index contributed by atoms with van der Waals surface area (Å²) in [5.74, 6) is -5.65. The summed E-state index contributed by atoms with van der Waals surface area (Å²) in [7, 11) is 0. The summed E-state index contributed by atoms with van der Waals surface area (Å²) in [5, 5.41) is 107. The van der Waals surface area contributed by atoms with Crippen molar-refractivity contribution in [2.45, 2.75) is 177 Å². The van der Waals surface area contributed by atoms with Crippen molar-refractivity contribution < 1.29 is 79.6 Å². The smallest absolute Gasteiger partial charge is 0.311 e. The van der Waals surface area contributed by atoms with Gasteiger partial charge in [-0.1, -0.05) is 106 Å². The standard InChI is InChI=1S/C48H75NO16/c1-28-18-16-14-12-10-8-6-7-9-11-13-15-17-19-36(64-47-45(58)43(49)44(57)32(5)63-47)25-40-42(46(59)60)39(55)27-48(61,65-40)26-35(52)23-38(54)37(53)21-20-33(50)22-34(51)24-41(56)62-31(4)30(3)29(28)2/h6-19,28-40,42-45,47,50-55,57-58,61H,20-27,49H2,1-5H3,(H,59,60)/b7-6+,10-8+,11-9+,14-12+,15-13+,18-16+,19-17+/t28-,29+,30+,31-,32+,33+,34+,35-,36-,37+,38+,39-,40-,42+,43-,44+,45-,47-,48+/m0/s1. The minimum absolute atomic E-state index is 0.00816. The second-order valence-corrected chi connectivity index (χ2v) is 17.9. The van der Waals surface area contributed by atoms with Crippen LogP contribution in [0, 0.1) is 23.7 Å². The number of allylic oxidation sites excluding steroid dienone is 13. The fourth-order valence-corrected chi connectivity index (χ4v) is 8.18. The Balaban J connectivity index is 1.86. The van der Waals surface area contributed by atoms with Crippen molar-refractivity contribution >= 4 is 11.9 Å². The quantitative estimate of drug-likeness (QED) is 0.180. The van der Waals surface area contributed by atoms with E-state index in [9.17, 15) is 60.7 Å². The number of esters is 1. The number of carbonyl (C=O) groups is 2. The molecule has 2 saturated heterocycles. The lowest BCUT2D eigenvalue weighted by Crippen LogP contribution is -2.61. The molecule has 0 unspecified atom stereocenters. The molecule has 368 valence electrons. The van der Waals surface area contributed by atoms with Crippen LogP contribution in [0.4, 0.5) is 0 Å². The molecule has 0 saturated carbocycles. The number of aliphatic hydroxyl groups excluding tert-OH is 8. The van der Waals surface area contributed by atoms with Gasteiger partial charge in [0.2, 0.25) is 0 Å². The monoisotopic (exact) mass is 922 g/mol. The van der Waals surface area contributed by atoms with Crippen LogP contribution in [0.25, 0.3) is 0 Å². The van der Waals surface area contributed by atoms with E-state index in [4.69, 9.17) is 24.7 Å². The molecule has 0 aromatic heterocycles. The van der Waals surface area contributed by atoms with E-state index in [1.807, 2.05) is 49.5 Å². The van der Waals surface area contributed by atoms with Gasteiger partial charge in [0.05, 0.1) is 73.5 Å². The maximum Gasteiger partial charge on any atom is 0.311 e. The van der Waals surface area contributed by atoms with E-state index >= 15 is 0 Å². The third-order valence-corrected chi connectivity index (χ3v) is 12.6. The van der Waals surface area contributed by atoms with E-state index in [0.717, 1.165) is 0 Å². The Labute approximate surface area is 382 Å². The summed E-state index contributed by atoms with van der Waals surface area (Å²) >= 11 is 0. The van der Waals surface area contributed by atoms with Crippen molar-refractivity contribution in [3.05, 3.63) is 85.1 Å². The highest BCUT2D eigenvalue weighted by Gasteiger charge is 2.51. The second kappa shape index (κ2) is 27.4. The number of hydrogen-bond acceptors (Lipinski definition) is 16. The fourth-order valence-electron chi connectivity index (χ4n) is 8.18. The van der Waals surface area contributed by atoms with Gasteiger partial charge in [-0.15, -0.1) is 0 Å². The maximum atomic E-state index is 12.7. The van der Waals surface area contributed by atoms with Crippen LogP contribution < -0.4 is 5.73 Å². The highest BCUT2D eigenvalue weighted by atomic mass is 16.7. The van der Waals surface area contributed by atoms with E-state index in [-0.39, 0.29) is 49.9 Å². The number of ether oxygens (including phenoxy) is 4.